The van der Waals surface area contributed by atoms with Crippen LogP contribution in [0.2, 0.25) is 5.02 Å². The maximum atomic E-state index is 9.76. The summed E-state index contributed by atoms with van der Waals surface area (Å²) in [5, 5.41) is 16.9. The summed E-state index contributed by atoms with van der Waals surface area (Å²) in [6.45, 7) is 4.30. The van der Waals surface area contributed by atoms with Crippen molar-refractivity contribution in [2.45, 2.75) is 19.1 Å². The van der Waals surface area contributed by atoms with Crippen molar-refractivity contribution >= 4 is 24.0 Å². The molecule has 1 aromatic rings. The molecule has 2 aliphatic rings. The van der Waals surface area contributed by atoms with Crippen LogP contribution >= 0.6 is 24.0 Å². The highest BCUT2D eigenvalue weighted by Gasteiger charge is 2.24. The lowest BCUT2D eigenvalue weighted by Gasteiger charge is -2.15. The SMILES string of the molecule is Cl.OC1CNCC1CNCc1cc(Cl)c2c(c1)OCCCO2. The number of aliphatic hydroxyl groups excluding tert-OH is 1. The number of benzene rings is 1. The van der Waals surface area contributed by atoms with Gasteiger partial charge in [-0.15, -0.1) is 12.4 Å². The molecule has 1 fully saturated rings. The quantitative estimate of drug-likeness (QED) is 0.771. The van der Waals surface area contributed by atoms with E-state index in [0.717, 1.165) is 30.8 Å². The third-order valence-electron chi connectivity index (χ3n) is 3.90. The highest BCUT2D eigenvalue weighted by molar-refractivity contribution is 6.32. The maximum Gasteiger partial charge on any atom is 0.179 e. The molecular formula is C15H22Cl2N2O3. The molecule has 0 bridgehead atoms. The van der Waals surface area contributed by atoms with Gasteiger partial charge in [-0.2, -0.15) is 0 Å². The second-order valence-electron chi connectivity index (χ2n) is 5.57. The van der Waals surface area contributed by atoms with E-state index in [2.05, 4.69) is 10.6 Å². The Morgan fingerprint density at radius 3 is 2.86 bits per heavy atom. The van der Waals surface area contributed by atoms with Gasteiger partial charge in [0.1, 0.15) is 0 Å². The van der Waals surface area contributed by atoms with E-state index in [-0.39, 0.29) is 24.4 Å². The van der Waals surface area contributed by atoms with E-state index >= 15 is 0 Å². The average molecular weight is 349 g/mol. The molecule has 2 unspecified atom stereocenters. The van der Waals surface area contributed by atoms with Gasteiger partial charge in [0, 0.05) is 38.5 Å². The fourth-order valence-corrected chi connectivity index (χ4v) is 3.00. The van der Waals surface area contributed by atoms with Gasteiger partial charge < -0.3 is 25.2 Å². The summed E-state index contributed by atoms with van der Waals surface area (Å²) in [5.41, 5.74) is 1.06. The van der Waals surface area contributed by atoms with Gasteiger partial charge in [-0.3, -0.25) is 0 Å². The highest BCUT2D eigenvalue weighted by atomic mass is 35.5. The predicted molar refractivity (Wildman–Crippen MR) is 88.4 cm³/mol. The fourth-order valence-electron chi connectivity index (χ4n) is 2.72. The summed E-state index contributed by atoms with van der Waals surface area (Å²) >= 11 is 6.27. The number of rotatable bonds is 4. The molecule has 22 heavy (non-hydrogen) atoms. The third-order valence-corrected chi connectivity index (χ3v) is 4.18. The summed E-state index contributed by atoms with van der Waals surface area (Å²) < 4.78 is 11.3. The standard InChI is InChI=1S/C15H21ClN2O3.ClH/c16-12-4-10(5-14-15(12)21-3-1-2-20-14)6-17-7-11-8-18-9-13(11)19;/h4-5,11,13,17-19H,1-3,6-9H2;1H. The molecule has 3 rings (SSSR count). The lowest BCUT2D eigenvalue weighted by Crippen LogP contribution is -2.30. The Kier molecular flexibility index (Phi) is 6.59. The van der Waals surface area contributed by atoms with E-state index in [4.69, 9.17) is 21.1 Å². The van der Waals surface area contributed by atoms with Crippen LogP contribution in [0.3, 0.4) is 0 Å². The number of β-amino-alcohol motifs (C(OH)–C–C–N with tert-alkyl or cyclic N) is 1. The van der Waals surface area contributed by atoms with Crippen LogP contribution in [0.1, 0.15) is 12.0 Å². The third kappa shape index (κ3) is 4.18. The minimum absolute atomic E-state index is 0. The summed E-state index contributed by atoms with van der Waals surface area (Å²) in [6.07, 6.45) is 0.607. The van der Waals surface area contributed by atoms with Crippen molar-refractivity contribution in [3.05, 3.63) is 22.7 Å². The van der Waals surface area contributed by atoms with Crippen molar-refractivity contribution in [1.29, 1.82) is 0 Å². The zero-order valence-electron chi connectivity index (χ0n) is 12.3. The van der Waals surface area contributed by atoms with E-state index in [0.29, 0.717) is 37.1 Å². The molecule has 5 nitrogen and oxygen atoms in total. The minimum Gasteiger partial charge on any atom is -0.489 e. The molecule has 0 aromatic heterocycles. The molecule has 0 saturated carbocycles. The normalized spacial score (nSPS) is 23.7. The van der Waals surface area contributed by atoms with E-state index < -0.39 is 0 Å². The van der Waals surface area contributed by atoms with Gasteiger partial charge in [0.25, 0.3) is 0 Å². The van der Waals surface area contributed by atoms with E-state index in [1.165, 1.54) is 0 Å². The predicted octanol–water partition coefficient (Wildman–Crippen LogP) is 1.59. The fraction of sp³-hybridized carbons (Fsp3) is 0.600. The van der Waals surface area contributed by atoms with Crippen LogP contribution in [-0.2, 0) is 6.54 Å². The summed E-state index contributed by atoms with van der Waals surface area (Å²) in [7, 11) is 0. The Morgan fingerprint density at radius 2 is 2.09 bits per heavy atom. The molecule has 3 N–H and O–H groups in total. The van der Waals surface area contributed by atoms with Gasteiger partial charge in [-0.05, 0) is 17.7 Å². The molecular weight excluding hydrogens is 327 g/mol. The Labute approximate surface area is 141 Å². The molecule has 2 heterocycles. The van der Waals surface area contributed by atoms with Gasteiger partial charge in [0.15, 0.2) is 11.5 Å². The van der Waals surface area contributed by atoms with Crippen molar-refractivity contribution < 1.29 is 14.6 Å². The number of ether oxygens (including phenoxy) is 2. The first-order chi connectivity index (χ1) is 10.2. The van der Waals surface area contributed by atoms with Crippen LogP contribution in [-0.4, -0.2) is 44.1 Å². The van der Waals surface area contributed by atoms with Crippen molar-refractivity contribution in [1.82, 2.24) is 10.6 Å². The molecule has 2 atom stereocenters. The number of nitrogens with one attached hydrogen (secondary N) is 2. The van der Waals surface area contributed by atoms with Crippen LogP contribution in [0.15, 0.2) is 12.1 Å². The highest BCUT2D eigenvalue weighted by Crippen LogP contribution is 2.37. The van der Waals surface area contributed by atoms with Crippen LogP contribution in [0, 0.1) is 5.92 Å². The molecule has 0 amide bonds. The van der Waals surface area contributed by atoms with Crippen LogP contribution in [0.25, 0.3) is 0 Å². The maximum absolute atomic E-state index is 9.76. The first kappa shape index (κ1) is 17.6. The number of hydrogen-bond donors (Lipinski definition) is 3. The monoisotopic (exact) mass is 348 g/mol. The van der Waals surface area contributed by atoms with E-state index in [1.807, 2.05) is 12.1 Å². The van der Waals surface area contributed by atoms with Crippen molar-refractivity contribution in [2.75, 3.05) is 32.8 Å². The average Bonchev–Trinajstić information content (AvgIpc) is 2.73. The van der Waals surface area contributed by atoms with Gasteiger partial charge in [-0.25, -0.2) is 0 Å². The summed E-state index contributed by atoms with van der Waals surface area (Å²) in [5.74, 6) is 1.63. The topological polar surface area (TPSA) is 62.8 Å². The van der Waals surface area contributed by atoms with Gasteiger partial charge >= 0.3 is 0 Å². The summed E-state index contributed by atoms with van der Waals surface area (Å²) in [4.78, 5) is 0. The molecule has 1 saturated heterocycles. The Hall–Kier alpha value is -0.720. The van der Waals surface area contributed by atoms with Crippen LogP contribution in [0.5, 0.6) is 11.5 Å². The number of halogens is 2. The molecule has 0 radical (unpaired) electrons. The Morgan fingerprint density at radius 1 is 1.27 bits per heavy atom. The Bertz CT molecular complexity index is 502. The second-order valence-corrected chi connectivity index (χ2v) is 5.98. The lowest BCUT2D eigenvalue weighted by atomic mass is 10.1. The first-order valence-electron chi connectivity index (χ1n) is 7.41. The number of fused-ring (bicyclic) bond motifs is 1. The number of hydrogen-bond acceptors (Lipinski definition) is 5. The second kappa shape index (κ2) is 8.22. The molecule has 1 aromatic carbocycles. The molecule has 0 aliphatic carbocycles. The summed E-state index contributed by atoms with van der Waals surface area (Å²) in [6, 6.07) is 3.88. The van der Waals surface area contributed by atoms with Gasteiger partial charge in [0.2, 0.25) is 0 Å². The van der Waals surface area contributed by atoms with Gasteiger partial charge in [0.05, 0.1) is 24.3 Å². The Balaban J connectivity index is 0.00000176. The molecule has 7 heteroatoms. The zero-order valence-corrected chi connectivity index (χ0v) is 13.9. The number of aliphatic hydroxyl groups is 1. The van der Waals surface area contributed by atoms with Crippen LogP contribution < -0.4 is 20.1 Å². The molecule has 124 valence electrons. The minimum atomic E-state index is -0.259. The first-order valence-corrected chi connectivity index (χ1v) is 7.79. The van der Waals surface area contributed by atoms with Crippen molar-refractivity contribution in [2.24, 2.45) is 5.92 Å². The van der Waals surface area contributed by atoms with E-state index in [1.54, 1.807) is 0 Å². The molecule has 0 spiro atoms. The smallest absolute Gasteiger partial charge is 0.179 e. The van der Waals surface area contributed by atoms with Gasteiger partial charge in [-0.1, -0.05) is 11.6 Å². The van der Waals surface area contributed by atoms with E-state index in [9.17, 15) is 5.11 Å². The largest absolute Gasteiger partial charge is 0.489 e. The lowest BCUT2D eigenvalue weighted by molar-refractivity contribution is 0.146. The van der Waals surface area contributed by atoms with Crippen molar-refractivity contribution in [3.63, 3.8) is 0 Å². The molecule has 2 aliphatic heterocycles. The van der Waals surface area contributed by atoms with Crippen LogP contribution in [0.4, 0.5) is 0 Å². The zero-order chi connectivity index (χ0) is 14.7. The van der Waals surface area contributed by atoms with Crippen molar-refractivity contribution in [3.8, 4) is 11.5 Å².